The van der Waals surface area contributed by atoms with Crippen molar-refractivity contribution in [2.75, 3.05) is 11.9 Å². The summed E-state index contributed by atoms with van der Waals surface area (Å²) in [7, 11) is 2.00. The molecule has 1 aliphatic carbocycles. The molecule has 1 aliphatic rings. The van der Waals surface area contributed by atoms with Gasteiger partial charge in [0.05, 0.1) is 6.10 Å². The maximum absolute atomic E-state index is 13.8. The van der Waals surface area contributed by atoms with Gasteiger partial charge < -0.3 is 10.0 Å². The van der Waals surface area contributed by atoms with Crippen LogP contribution in [0.1, 0.15) is 44.3 Å². The summed E-state index contributed by atoms with van der Waals surface area (Å²) in [6, 6.07) is 5.49. The highest BCUT2D eigenvalue weighted by Crippen LogP contribution is 2.33. The Morgan fingerprint density at radius 1 is 1.35 bits per heavy atom. The normalized spacial score (nSPS) is 18.4. The molecule has 1 aromatic carbocycles. The first-order valence-electron chi connectivity index (χ1n) is 6.30. The zero-order valence-corrected chi connectivity index (χ0v) is 10.5. The van der Waals surface area contributed by atoms with Crippen molar-refractivity contribution in [3.05, 3.63) is 29.6 Å². The van der Waals surface area contributed by atoms with Crippen LogP contribution in [0.4, 0.5) is 10.1 Å². The van der Waals surface area contributed by atoms with Gasteiger partial charge in [0.15, 0.2) is 0 Å². The lowest BCUT2D eigenvalue weighted by molar-refractivity contribution is 0.194. The first-order valence-corrected chi connectivity index (χ1v) is 6.30. The molecule has 1 atom stereocenters. The van der Waals surface area contributed by atoms with Crippen molar-refractivity contribution in [3.63, 3.8) is 0 Å². The van der Waals surface area contributed by atoms with Gasteiger partial charge in [-0.1, -0.05) is 18.9 Å². The van der Waals surface area contributed by atoms with Gasteiger partial charge in [-0.15, -0.1) is 0 Å². The summed E-state index contributed by atoms with van der Waals surface area (Å²) in [5.41, 5.74) is 1.24. The highest BCUT2D eigenvalue weighted by Gasteiger charge is 2.23. The van der Waals surface area contributed by atoms with E-state index in [1.54, 1.807) is 13.0 Å². The molecule has 1 unspecified atom stereocenters. The number of nitrogens with zero attached hydrogens (tertiary/aromatic N) is 1. The quantitative estimate of drug-likeness (QED) is 0.872. The van der Waals surface area contributed by atoms with Gasteiger partial charge in [-0.3, -0.25) is 0 Å². The van der Waals surface area contributed by atoms with Crippen molar-refractivity contribution < 1.29 is 9.50 Å². The van der Waals surface area contributed by atoms with Gasteiger partial charge in [-0.25, -0.2) is 4.39 Å². The summed E-state index contributed by atoms with van der Waals surface area (Å²) in [6.07, 6.45) is 4.04. The predicted octanol–water partition coefficient (Wildman–Crippen LogP) is 3.26. The van der Waals surface area contributed by atoms with Gasteiger partial charge in [-0.2, -0.15) is 0 Å². The molecule has 0 amide bonds. The Bertz CT molecular complexity index is 386. The third kappa shape index (κ3) is 2.44. The smallest absolute Gasteiger partial charge is 0.131 e. The molecule has 0 spiro atoms. The average molecular weight is 237 g/mol. The number of hydrogen-bond donors (Lipinski definition) is 1. The highest BCUT2D eigenvalue weighted by atomic mass is 19.1. The summed E-state index contributed by atoms with van der Waals surface area (Å²) in [5.74, 6) is -0.317. The standard InChI is InChI=1S/C14H20FNO/c1-10(17)14-12(15)8-5-9-13(14)16(2)11-6-3-4-7-11/h5,8-11,17H,3-4,6-7H2,1-2H3. The fourth-order valence-electron chi connectivity index (χ4n) is 2.74. The van der Waals surface area contributed by atoms with Crippen LogP contribution in [0.2, 0.25) is 0 Å². The molecule has 1 saturated carbocycles. The second-order valence-electron chi connectivity index (χ2n) is 4.90. The Morgan fingerprint density at radius 3 is 2.59 bits per heavy atom. The number of rotatable bonds is 3. The summed E-state index contributed by atoms with van der Waals surface area (Å²) < 4.78 is 13.8. The van der Waals surface area contributed by atoms with Crippen LogP contribution in [0.15, 0.2) is 18.2 Å². The molecule has 2 nitrogen and oxygen atoms in total. The minimum atomic E-state index is -0.768. The molecule has 1 fully saturated rings. The molecule has 2 rings (SSSR count). The van der Waals surface area contributed by atoms with Gasteiger partial charge in [0.2, 0.25) is 0 Å². The van der Waals surface area contributed by atoms with Crippen LogP contribution >= 0.6 is 0 Å². The van der Waals surface area contributed by atoms with Gasteiger partial charge in [0.1, 0.15) is 5.82 Å². The monoisotopic (exact) mass is 237 g/mol. The molecule has 1 N–H and O–H groups in total. The Balaban J connectivity index is 2.33. The third-order valence-electron chi connectivity index (χ3n) is 3.70. The molecular formula is C14H20FNO. The predicted molar refractivity (Wildman–Crippen MR) is 67.7 cm³/mol. The molecule has 0 saturated heterocycles. The SMILES string of the molecule is CC(O)c1c(F)cccc1N(C)C1CCCC1. The Hall–Kier alpha value is -1.09. The second-order valence-corrected chi connectivity index (χ2v) is 4.90. The molecule has 0 radical (unpaired) electrons. The van der Waals surface area contributed by atoms with E-state index >= 15 is 0 Å². The summed E-state index contributed by atoms with van der Waals surface area (Å²) in [6.45, 7) is 1.62. The summed E-state index contributed by atoms with van der Waals surface area (Å²) >= 11 is 0. The van der Waals surface area contributed by atoms with Crippen LogP contribution in [0, 0.1) is 5.82 Å². The van der Waals surface area contributed by atoms with E-state index in [0.717, 1.165) is 18.5 Å². The third-order valence-corrected chi connectivity index (χ3v) is 3.70. The van der Waals surface area contributed by atoms with Gasteiger partial charge >= 0.3 is 0 Å². The molecule has 0 aliphatic heterocycles. The van der Waals surface area contributed by atoms with Crippen molar-refractivity contribution >= 4 is 5.69 Å². The van der Waals surface area contributed by atoms with Crippen molar-refractivity contribution in [1.29, 1.82) is 0 Å². The van der Waals surface area contributed by atoms with Crippen LogP contribution < -0.4 is 4.90 Å². The molecule has 17 heavy (non-hydrogen) atoms. The highest BCUT2D eigenvalue weighted by molar-refractivity contribution is 5.55. The maximum atomic E-state index is 13.8. The second kappa shape index (κ2) is 5.05. The van der Waals surface area contributed by atoms with Gasteiger partial charge in [-0.05, 0) is 31.9 Å². The van der Waals surface area contributed by atoms with Crippen molar-refractivity contribution in [2.45, 2.75) is 44.8 Å². The minimum absolute atomic E-state index is 0.317. The van der Waals surface area contributed by atoms with E-state index in [-0.39, 0.29) is 5.82 Å². The lowest BCUT2D eigenvalue weighted by Gasteiger charge is -2.29. The van der Waals surface area contributed by atoms with Crippen LogP contribution in [0.3, 0.4) is 0 Å². The van der Waals surface area contributed by atoms with E-state index in [1.807, 2.05) is 13.1 Å². The molecule has 94 valence electrons. The van der Waals surface area contributed by atoms with E-state index in [1.165, 1.54) is 18.9 Å². The first-order chi connectivity index (χ1) is 8.11. The Morgan fingerprint density at radius 2 is 2.00 bits per heavy atom. The molecule has 3 heteroatoms. The van der Waals surface area contributed by atoms with E-state index < -0.39 is 6.10 Å². The van der Waals surface area contributed by atoms with Crippen molar-refractivity contribution in [2.24, 2.45) is 0 Å². The number of hydrogen-bond acceptors (Lipinski definition) is 2. The molecular weight excluding hydrogens is 217 g/mol. The zero-order valence-electron chi connectivity index (χ0n) is 10.5. The van der Waals surface area contributed by atoms with Crippen molar-refractivity contribution in [3.8, 4) is 0 Å². The van der Waals surface area contributed by atoms with Crippen molar-refractivity contribution in [1.82, 2.24) is 0 Å². The molecule has 1 aromatic rings. The molecule has 0 aromatic heterocycles. The average Bonchev–Trinajstić information content (AvgIpc) is 2.80. The van der Waals surface area contributed by atoms with Crippen LogP contribution in [0.5, 0.6) is 0 Å². The van der Waals surface area contributed by atoms with E-state index in [9.17, 15) is 9.50 Å². The number of anilines is 1. The topological polar surface area (TPSA) is 23.5 Å². The fourth-order valence-corrected chi connectivity index (χ4v) is 2.74. The minimum Gasteiger partial charge on any atom is -0.389 e. The van der Waals surface area contributed by atoms with E-state index in [0.29, 0.717) is 11.6 Å². The van der Waals surface area contributed by atoms with Crippen LogP contribution in [-0.2, 0) is 0 Å². The number of halogens is 1. The summed E-state index contributed by atoms with van der Waals surface area (Å²) in [5, 5.41) is 9.71. The largest absolute Gasteiger partial charge is 0.389 e. The number of aliphatic hydroxyl groups is 1. The van der Waals surface area contributed by atoms with E-state index in [2.05, 4.69) is 4.90 Å². The Labute approximate surface area is 102 Å². The first kappa shape index (κ1) is 12.4. The zero-order chi connectivity index (χ0) is 12.4. The van der Waals surface area contributed by atoms with Crippen LogP contribution in [0.25, 0.3) is 0 Å². The number of aliphatic hydroxyl groups excluding tert-OH is 1. The van der Waals surface area contributed by atoms with Crippen LogP contribution in [-0.4, -0.2) is 18.2 Å². The molecule has 0 heterocycles. The maximum Gasteiger partial charge on any atom is 0.131 e. The lowest BCUT2D eigenvalue weighted by Crippen LogP contribution is -2.30. The van der Waals surface area contributed by atoms with Gasteiger partial charge in [0.25, 0.3) is 0 Å². The molecule has 0 bridgehead atoms. The number of benzene rings is 1. The van der Waals surface area contributed by atoms with E-state index in [4.69, 9.17) is 0 Å². The summed E-state index contributed by atoms with van der Waals surface area (Å²) in [4.78, 5) is 2.12. The fraction of sp³-hybridized carbons (Fsp3) is 0.571. The Kier molecular flexibility index (Phi) is 3.67. The lowest BCUT2D eigenvalue weighted by atomic mass is 10.0. The van der Waals surface area contributed by atoms with Gasteiger partial charge in [0, 0.05) is 24.3 Å².